The molecule has 1 aromatic rings. The first-order chi connectivity index (χ1) is 8.59. The molecule has 0 aromatic carbocycles. The minimum absolute atomic E-state index is 0.773. The SMILES string of the molecule is CC(C)=CCCCc1cnnn1CCCC(C)C. The Morgan fingerprint density at radius 1 is 1.33 bits per heavy atom. The third-order valence-electron chi connectivity index (χ3n) is 3.04. The van der Waals surface area contributed by atoms with Gasteiger partial charge in [-0.1, -0.05) is 30.7 Å². The molecule has 1 rings (SSSR count). The Morgan fingerprint density at radius 3 is 2.78 bits per heavy atom. The van der Waals surface area contributed by atoms with Gasteiger partial charge in [0.1, 0.15) is 0 Å². The fourth-order valence-corrected chi connectivity index (χ4v) is 1.98. The normalized spacial score (nSPS) is 10.9. The van der Waals surface area contributed by atoms with Crippen LogP contribution in [0.15, 0.2) is 17.8 Å². The van der Waals surface area contributed by atoms with E-state index in [0.29, 0.717) is 0 Å². The Morgan fingerprint density at radius 2 is 2.11 bits per heavy atom. The maximum absolute atomic E-state index is 4.18. The van der Waals surface area contributed by atoms with Crippen LogP contribution in [0.3, 0.4) is 0 Å². The summed E-state index contributed by atoms with van der Waals surface area (Å²) in [5, 5.41) is 8.21. The van der Waals surface area contributed by atoms with E-state index in [1.165, 1.54) is 30.5 Å². The van der Waals surface area contributed by atoms with Crippen molar-refractivity contribution in [3.8, 4) is 0 Å². The zero-order valence-electron chi connectivity index (χ0n) is 12.3. The van der Waals surface area contributed by atoms with Crippen molar-refractivity contribution in [2.24, 2.45) is 5.92 Å². The lowest BCUT2D eigenvalue weighted by atomic mass is 10.1. The third kappa shape index (κ3) is 5.99. The van der Waals surface area contributed by atoms with E-state index in [0.717, 1.165) is 25.3 Å². The summed E-state index contributed by atoms with van der Waals surface area (Å²) in [7, 11) is 0. The maximum atomic E-state index is 4.18. The molecule has 0 atom stereocenters. The van der Waals surface area contributed by atoms with E-state index in [2.05, 4.69) is 48.8 Å². The maximum Gasteiger partial charge on any atom is 0.0725 e. The van der Waals surface area contributed by atoms with Crippen molar-refractivity contribution in [1.82, 2.24) is 15.0 Å². The number of aromatic nitrogens is 3. The molecule has 0 aliphatic carbocycles. The van der Waals surface area contributed by atoms with Crippen LogP contribution in [0.4, 0.5) is 0 Å². The van der Waals surface area contributed by atoms with Gasteiger partial charge in [-0.2, -0.15) is 0 Å². The van der Waals surface area contributed by atoms with E-state index in [9.17, 15) is 0 Å². The lowest BCUT2D eigenvalue weighted by molar-refractivity contribution is 0.471. The van der Waals surface area contributed by atoms with Crippen molar-refractivity contribution in [2.45, 2.75) is 66.3 Å². The molecule has 1 heterocycles. The van der Waals surface area contributed by atoms with Crippen LogP contribution in [-0.2, 0) is 13.0 Å². The molecule has 18 heavy (non-hydrogen) atoms. The Balaban J connectivity index is 2.33. The predicted octanol–water partition coefficient (Wildman–Crippen LogP) is 4.00. The Bertz CT molecular complexity index is 360. The van der Waals surface area contributed by atoms with E-state index in [-0.39, 0.29) is 0 Å². The van der Waals surface area contributed by atoms with Crippen LogP contribution in [0.25, 0.3) is 0 Å². The summed E-state index contributed by atoms with van der Waals surface area (Å²) in [6.45, 7) is 9.84. The van der Waals surface area contributed by atoms with Crippen LogP contribution < -0.4 is 0 Å². The third-order valence-corrected chi connectivity index (χ3v) is 3.04. The molecule has 0 saturated heterocycles. The smallest absolute Gasteiger partial charge is 0.0725 e. The molecule has 0 saturated carbocycles. The van der Waals surface area contributed by atoms with E-state index in [4.69, 9.17) is 0 Å². The van der Waals surface area contributed by atoms with Crippen LogP contribution in [0.1, 0.15) is 59.1 Å². The summed E-state index contributed by atoms with van der Waals surface area (Å²) in [5.41, 5.74) is 2.68. The summed E-state index contributed by atoms with van der Waals surface area (Å²) in [5.74, 6) is 0.773. The zero-order valence-corrected chi connectivity index (χ0v) is 12.3. The molecule has 3 heteroatoms. The number of hydrogen-bond acceptors (Lipinski definition) is 2. The summed E-state index contributed by atoms with van der Waals surface area (Å²) in [6.07, 6.45) is 10.1. The van der Waals surface area contributed by atoms with Crippen molar-refractivity contribution in [1.29, 1.82) is 0 Å². The largest absolute Gasteiger partial charge is 0.249 e. The number of rotatable bonds is 8. The molecular formula is C15H27N3. The van der Waals surface area contributed by atoms with Crippen molar-refractivity contribution in [3.05, 3.63) is 23.5 Å². The lowest BCUT2D eigenvalue weighted by Crippen LogP contribution is -2.06. The molecule has 0 N–H and O–H groups in total. The molecule has 0 aliphatic heterocycles. The van der Waals surface area contributed by atoms with Crippen molar-refractivity contribution >= 4 is 0 Å². The predicted molar refractivity (Wildman–Crippen MR) is 76.5 cm³/mol. The molecule has 0 bridgehead atoms. The Labute approximate surface area is 111 Å². The van der Waals surface area contributed by atoms with Crippen molar-refractivity contribution < 1.29 is 0 Å². The highest BCUT2D eigenvalue weighted by molar-refractivity contribution is 4.97. The van der Waals surface area contributed by atoms with Gasteiger partial charge in [0.15, 0.2) is 0 Å². The van der Waals surface area contributed by atoms with Crippen LogP contribution in [-0.4, -0.2) is 15.0 Å². The van der Waals surface area contributed by atoms with Gasteiger partial charge < -0.3 is 0 Å². The molecule has 0 unspecified atom stereocenters. The van der Waals surface area contributed by atoms with Crippen molar-refractivity contribution in [2.75, 3.05) is 0 Å². The minimum Gasteiger partial charge on any atom is -0.249 e. The summed E-state index contributed by atoms with van der Waals surface area (Å²) in [6, 6.07) is 0. The Kier molecular flexibility index (Phi) is 6.69. The summed E-state index contributed by atoms with van der Waals surface area (Å²) < 4.78 is 2.07. The second-order valence-electron chi connectivity index (χ2n) is 5.66. The van der Waals surface area contributed by atoms with Gasteiger partial charge in [-0.3, -0.25) is 0 Å². The molecule has 0 amide bonds. The van der Waals surface area contributed by atoms with Gasteiger partial charge in [-0.25, -0.2) is 4.68 Å². The first-order valence-electron chi connectivity index (χ1n) is 7.10. The topological polar surface area (TPSA) is 30.7 Å². The minimum atomic E-state index is 0.773. The van der Waals surface area contributed by atoms with Gasteiger partial charge in [0.2, 0.25) is 0 Å². The van der Waals surface area contributed by atoms with Crippen LogP contribution in [0.2, 0.25) is 0 Å². The lowest BCUT2D eigenvalue weighted by Gasteiger charge is -2.07. The number of nitrogens with zero attached hydrogens (tertiary/aromatic N) is 3. The van der Waals surface area contributed by atoms with E-state index in [1.54, 1.807) is 0 Å². The van der Waals surface area contributed by atoms with Gasteiger partial charge in [0, 0.05) is 6.54 Å². The van der Waals surface area contributed by atoms with Gasteiger partial charge in [0.05, 0.1) is 11.9 Å². The van der Waals surface area contributed by atoms with Gasteiger partial charge >= 0.3 is 0 Å². The fraction of sp³-hybridized carbons (Fsp3) is 0.733. The second-order valence-corrected chi connectivity index (χ2v) is 5.66. The van der Waals surface area contributed by atoms with E-state index < -0.39 is 0 Å². The average Bonchev–Trinajstić information content (AvgIpc) is 2.71. The monoisotopic (exact) mass is 249 g/mol. The quantitative estimate of drug-likeness (QED) is 0.515. The van der Waals surface area contributed by atoms with Gasteiger partial charge in [0.25, 0.3) is 0 Å². The first kappa shape index (κ1) is 14.9. The van der Waals surface area contributed by atoms with Crippen molar-refractivity contribution in [3.63, 3.8) is 0 Å². The molecule has 102 valence electrons. The number of unbranched alkanes of at least 4 members (excludes halogenated alkanes) is 1. The summed E-state index contributed by atoms with van der Waals surface area (Å²) >= 11 is 0. The average molecular weight is 249 g/mol. The highest BCUT2D eigenvalue weighted by Gasteiger charge is 2.03. The number of allylic oxidation sites excluding steroid dienone is 2. The first-order valence-corrected chi connectivity index (χ1v) is 7.10. The molecule has 1 aromatic heterocycles. The second kappa shape index (κ2) is 8.06. The standard InChI is InChI=1S/C15H27N3/c1-13(2)8-5-6-10-15-12-16-17-18(15)11-7-9-14(3)4/h8,12,14H,5-7,9-11H2,1-4H3. The number of hydrogen-bond donors (Lipinski definition) is 0. The Hall–Kier alpha value is -1.12. The molecule has 3 nitrogen and oxygen atoms in total. The highest BCUT2D eigenvalue weighted by Crippen LogP contribution is 2.09. The summed E-state index contributed by atoms with van der Waals surface area (Å²) in [4.78, 5) is 0. The van der Waals surface area contributed by atoms with Crippen LogP contribution in [0.5, 0.6) is 0 Å². The molecule has 0 spiro atoms. The fourth-order valence-electron chi connectivity index (χ4n) is 1.98. The molecule has 0 aliphatic rings. The number of aryl methyl sites for hydroxylation is 2. The zero-order chi connectivity index (χ0) is 13.4. The van der Waals surface area contributed by atoms with Crippen LogP contribution >= 0.6 is 0 Å². The van der Waals surface area contributed by atoms with Gasteiger partial charge in [-0.05, 0) is 51.9 Å². The molecule has 0 radical (unpaired) electrons. The molecular weight excluding hydrogens is 222 g/mol. The van der Waals surface area contributed by atoms with Gasteiger partial charge in [-0.15, -0.1) is 5.10 Å². The van der Waals surface area contributed by atoms with E-state index in [1.807, 2.05) is 6.20 Å². The van der Waals surface area contributed by atoms with Crippen LogP contribution in [0, 0.1) is 5.92 Å². The highest BCUT2D eigenvalue weighted by atomic mass is 15.4. The van der Waals surface area contributed by atoms with E-state index >= 15 is 0 Å². The molecule has 0 fully saturated rings.